The molecular weight excluding hydrogens is 399 g/mol. The molecule has 0 aliphatic rings. The molecule has 15 heteroatoms. The maximum Gasteiger partial charge on any atom is 0.410 e. The highest BCUT2D eigenvalue weighted by Gasteiger charge is 2.89. The van der Waals surface area contributed by atoms with Crippen LogP contribution in [0, 0.1) is 0 Å². The SMILES string of the molecule is CCOC(=O)C(F)(F)C(F)(F)C(F)(F)C(F)(F)C(F)(F)C(F)C(F)F. The van der Waals surface area contributed by atoms with E-state index in [0.717, 1.165) is 0 Å². The van der Waals surface area contributed by atoms with Gasteiger partial charge in [-0.25, -0.2) is 18.0 Å². The minimum absolute atomic E-state index is 0.712. The molecule has 0 rings (SSSR count). The van der Waals surface area contributed by atoms with Gasteiger partial charge < -0.3 is 4.74 Å². The molecule has 0 N–H and O–H groups in total. The third kappa shape index (κ3) is 3.32. The van der Waals surface area contributed by atoms with Crippen molar-refractivity contribution in [1.82, 2.24) is 0 Å². The van der Waals surface area contributed by atoms with Crippen molar-refractivity contribution in [3.63, 3.8) is 0 Å². The number of ether oxygens (including phenoxy) is 1. The first-order valence-electron chi connectivity index (χ1n) is 5.82. The Balaban J connectivity index is 6.21. The molecular formula is C10H7F13O2. The summed E-state index contributed by atoms with van der Waals surface area (Å²) in [5, 5.41) is 0. The van der Waals surface area contributed by atoms with Gasteiger partial charge in [0.05, 0.1) is 6.61 Å². The average Bonchev–Trinajstić information content (AvgIpc) is 2.45. The molecule has 0 aliphatic heterocycles. The van der Waals surface area contributed by atoms with E-state index in [0.29, 0.717) is 6.92 Å². The van der Waals surface area contributed by atoms with Crippen LogP contribution in [0.3, 0.4) is 0 Å². The van der Waals surface area contributed by atoms with E-state index < -0.39 is 54.8 Å². The summed E-state index contributed by atoms with van der Waals surface area (Å²) < 4.78 is 169. The molecule has 0 fully saturated rings. The lowest BCUT2D eigenvalue weighted by molar-refractivity contribution is -0.406. The predicted molar refractivity (Wildman–Crippen MR) is 52.3 cm³/mol. The average molecular weight is 406 g/mol. The lowest BCUT2D eigenvalue weighted by Gasteiger charge is -2.39. The van der Waals surface area contributed by atoms with E-state index in [4.69, 9.17) is 0 Å². The number of esters is 1. The van der Waals surface area contributed by atoms with Crippen molar-refractivity contribution in [2.45, 2.75) is 49.1 Å². The zero-order valence-corrected chi connectivity index (χ0v) is 11.6. The molecule has 0 saturated carbocycles. The predicted octanol–water partition coefficient (Wildman–Crippen LogP) is 4.33. The Labute approximate surface area is 129 Å². The highest BCUT2D eigenvalue weighted by molar-refractivity contribution is 5.79. The second-order valence-corrected chi connectivity index (χ2v) is 4.38. The molecule has 1 unspecified atom stereocenters. The van der Waals surface area contributed by atoms with Crippen molar-refractivity contribution in [2.24, 2.45) is 0 Å². The largest absolute Gasteiger partial charge is 0.461 e. The van der Waals surface area contributed by atoms with Crippen molar-refractivity contribution in [3.8, 4) is 0 Å². The third-order valence-electron chi connectivity index (χ3n) is 2.70. The third-order valence-corrected chi connectivity index (χ3v) is 2.70. The highest BCUT2D eigenvalue weighted by atomic mass is 19.4. The van der Waals surface area contributed by atoms with Crippen molar-refractivity contribution in [3.05, 3.63) is 0 Å². The Bertz CT molecular complexity index is 487. The minimum atomic E-state index is -7.83. The summed E-state index contributed by atoms with van der Waals surface area (Å²) in [6.45, 7) is -0.413. The number of hydrogen-bond donors (Lipinski definition) is 0. The first kappa shape index (κ1) is 23.6. The van der Waals surface area contributed by atoms with E-state index >= 15 is 0 Å². The van der Waals surface area contributed by atoms with Crippen molar-refractivity contribution in [1.29, 1.82) is 0 Å². The van der Waals surface area contributed by atoms with Gasteiger partial charge in [-0.05, 0) is 6.92 Å². The van der Waals surface area contributed by atoms with Crippen molar-refractivity contribution >= 4 is 5.97 Å². The maximum absolute atomic E-state index is 13.1. The number of rotatable bonds is 8. The van der Waals surface area contributed by atoms with Crippen molar-refractivity contribution in [2.75, 3.05) is 6.61 Å². The van der Waals surface area contributed by atoms with Gasteiger partial charge >= 0.3 is 35.6 Å². The summed E-state index contributed by atoms with van der Waals surface area (Å²) in [6.07, 6.45) is -10.4. The van der Waals surface area contributed by atoms with Crippen LogP contribution in [-0.4, -0.2) is 54.8 Å². The topological polar surface area (TPSA) is 26.3 Å². The number of hydrogen-bond acceptors (Lipinski definition) is 2. The van der Waals surface area contributed by atoms with Crippen LogP contribution >= 0.6 is 0 Å². The lowest BCUT2D eigenvalue weighted by atomic mass is 9.92. The van der Waals surface area contributed by atoms with E-state index in [2.05, 4.69) is 4.74 Å². The normalized spacial score (nSPS) is 16.1. The molecule has 0 aromatic carbocycles. The fourth-order valence-electron chi connectivity index (χ4n) is 1.28. The molecule has 0 aromatic heterocycles. The fourth-order valence-corrected chi connectivity index (χ4v) is 1.28. The van der Waals surface area contributed by atoms with Crippen LogP contribution in [0.2, 0.25) is 0 Å². The number of carbonyl (C=O) groups excluding carboxylic acids is 1. The van der Waals surface area contributed by atoms with Gasteiger partial charge in [0, 0.05) is 0 Å². The van der Waals surface area contributed by atoms with Crippen LogP contribution in [-0.2, 0) is 9.53 Å². The Kier molecular flexibility index (Phi) is 6.31. The molecule has 0 heterocycles. The van der Waals surface area contributed by atoms with Crippen LogP contribution in [0.15, 0.2) is 0 Å². The molecule has 0 amide bonds. The molecule has 25 heavy (non-hydrogen) atoms. The molecule has 0 bridgehead atoms. The lowest BCUT2D eigenvalue weighted by Crippen LogP contribution is -2.70. The van der Waals surface area contributed by atoms with E-state index in [1.165, 1.54) is 0 Å². The first-order valence-corrected chi connectivity index (χ1v) is 5.82. The number of halogens is 13. The van der Waals surface area contributed by atoms with Crippen LogP contribution in [0.4, 0.5) is 57.1 Å². The van der Waals surface area contributed by atoms with Gasteiger partial charge in [0.2, 0.25) is 6.17 Å². The summed E-state index contributed by atoms with van der Waals surface area (Å²) in [5.41, 5.74) is 0. The second kappa shape index (κ2) is 6.70. The molecule has 0 spiro atoms. The minimum Gasteiger partial charge on any atom is -0.461 e. The summed E-state index contributed by atoms with van der Waals surface area (Å²) in [5.74, 6) is -40.6. The number of carbonyl (C=O) groups is 1. The van der Waals surface area contributed by atoms with Gasteiger partial charge in [-0.2, -0.15) is 43.9 Å². The molecule has 0 aliphatic carbocycles. The second-order valence-electron chi connectivity index (χ2n) is 4.38. The standard InChI is InChI=1S/C10H7F13O2/c1-2-25-5(24)7(16,17)9(20,21)10(22,23)8(18,19)6(14,15)3(11)4(12)13/h3-4H,2H2,1H3. The Morgan fingerprint density at radius 3 is 1.52 bits per heavy atom. The molecule has 1 atom stereocenters. The van der Waals surface area contributed by atoms with Crippen LogP contribution in [0.1, 0.15) is 6.92 Å². The molecule has 0 aromatic rings. The number of alkyl halides is 13. The van der Waals surface area contributed by atoms with Gasteiger partial charge in [0.1, 0.15) is 0 Å². The van der Waals surface area contributed by atoms with E-state index in [1.54, 1.807) is 0 Å². The Hall–Kier alpha value is -1.44. The maximum atomic E-state index is 13.1. The Morgan fingerprint density at radius 2 is 1.20 bits per heavy atom. The van der Waals surface area contributed by atoms with Crippen LogP contribution < -0.4 is 0 Å². The zero-order chi connectivity index (χ0) is 20.6. The fraction of sp³-hybridized carbons (Fsp3) is 0.900. The first-order chi connectivity index (χ1) is 10.8. The summed E-state index contributed by atoms with van der Waals surface area (Å²) >= 11 is 0. The van der Waals surface area contributed by atoms with E-state index in [1.807, 2.05) is 0 Å². The quantitative estimate of drug-likeness (QED) is 0.443. The van der Waals surface area contributed by atoms with Crippen molar-refractivity contribution < 1.29 is 66.6 Å². The molecule has 0 saturated heterocycles. The van der Waals surface area contributed by atoms with Crippen LogP contribution in [0.5, 0.6) is 0 Å². The smallest absolute Gasteiger partial charge is 0.410 e. The monoisotopic (exact) mass is 406 g/mol. The van der Waals surface area contributed by atoms with E-state index in [9.17, 15) is 61.9 Å². The van der Waals surface area contributed by atoms with Gasteiger partial charge in [0.25, 0.3) is 6.43 Å². The summed E-state index contributed by atoms with van der Waals surface area (Å²) in [6, 6.07) is 0. The molecule has 150 valence electrons. The van der Waals surface area contributed by atoms with Crippen LogP contribution in [0.25, 0.3) is 0 Å². The van der Waals surface area contributed by atoms with Gasteiger partial charge in [-0.1, -0.05) is 0 Å². The Morgan fingerprint density at radius 1 is 0.800 bits per heavy atom. The molecule has 2 nitrogen and oxygen atoms in total. The van der Waals surface area contributed by atoms with Gasteiger partial charge in [-0.15, -0.1) is 0 Å². The highest BCUT2D eigenvalue weighted by Crippen LogP contribution is 2.58. The summed E-state index contributed by atoms with van der Waals surface area (Å²) in [7, 11) is 0. The van der Waals surface area contributed by atoms with Gasteiger partial charge in [0.15, 0.2) is 0 Å². The summed E-state index contributed by atoms with van der Waals surface area (Å²) in [4.78, 5) is 10.6. The molecule has 0 radical (unpaired) electrons. The van der Waals surface area contributed by atoms with E-state index in [-0.39, 0.29) is 0 Å². The van der Waals surface area contributed by atoms with Gasteiger partial charge in [-0.3, -0.25) is 0 Å². The zero-order valence-electron chi connectivity index (χ0n) is 11.6.